The molecule has 2 aromatic heterocycles. The quantitative estimate of drug-likeness (QED) is 0.891. The molecule has 1 fully saturated rings. The molecular formula is C16H22N6O. The van der Waals surface area contributed by atoms with Gasteiger partial charge < -0.3 is 15.1 Å². The number of nitrogens with one attached hydrogen (secondary N) is 2. The van der Waals surface area contributed by atoms with Crippen molar-refractivity contribution >= 4 is 17.4 Å². The third-order valence-electron chi connectivity index (χ3n) is 4.10. The summed E-state index contributed by atoms with van der Waals surface area (Å²) < 4.78 is 0. The van der Waals surface area contributed by atoms with Crippen LogP contribution in [0, 0.1) is 0 Å². The van der Waals surface area contributed by atoms with Crippen molar-refractivity contribution in [3.63, 3.8) is 0 Å². The van der Waals surface area contributed by atoms with E-state index in [1.807, 2.05) is 25.3 Å². The van der Waals surface area contributed by atoms with E-state index < -0.39 is 0 Å². The van der Waals surface area contributed by atoms with Gasteiger partial charge in [-0.25, -0.2) is 4.98 Å². The Balaban J connectivity index is 1.62. The number of carbonyl (C=O) groups is 1. The molecule has 122 valence electrons. The number of hydrogen-bond donors (Lipinski definition) is 2. The molecule has 1 saturated heterocycles. The van der Waals surface area contributed by atoms with Crippen molar-refractivity contribution in [2.24, 2.45) is 0 Å². The molecule has 2 aromatic rings. The number of aromatic amines is 1. The zero-order chi connectivity index (χ0) is 16.2. The van der Waals surface area contributed by atoms with E-state index in [9.17, 15) is 4.79 Å². The van der Waals surface area contributed by atoms with E-state index in [0.717, 1.165) is 44.0 Å². The van der Waals surface area contributed by atoms with Crippen molar-refractivity contribution in [2.45, 2.75) is 13.3 Å². The van der Waals surface area contributed by atoms with Gasteiger partial charge in [0.1, 0.15) is 5.82 Å². The lowest BCUT2D eigenvalue weighted by Gasteiger charge is -2.33. The van der Waals surface area contributed by atoms with Gasteiger partial charge in [0.05, 0.1) is 11.9 Å². The second-order valence-electron chi connectivity index (χ2n) is 5.78. The van der Waals surface area contributed by atoms with Crippen LogP contribution in [-0.4, -0.2) is 59.2 Å². The first-order valence-electron chi connectivity index (χ1n) is 7.91. The molecule has 1 aliphatic heterocycles. The number of anilines is 2. The summed E-state index contributed by atoms with van der Waals surface area (Å²) in [6, 6.07) is 5.59. The highest BCUT2D eigenvalue weighted by molar-refractivity contribution is 6.02. The second kappa shape index (κ2) is 6.78. The van der Waals surface area contributed by atoms with Gasteiger partial charge in [0.15, 0.2) is 5.69 Å². The molecule has 7 heteroatoms. The fourth-order valence-electron chi connectivity index (χ4n) is 2.55. The zero-order valence-corrected chi connectivity index (χ0v) is 13.5. The minimum Gasteiger partial charge on any atom is -0.368 e. The standard InChI is InChI=1S/C16H22N6O/c1-3-12-10-14(20-19-12)16(23)18-15-5-4-13(11-17-15)22-8-6-21(2)7-9-22/h4-5,10-11H,3,6-9H2,1-2H3,(H,19,20)(H,17,18,23). The number of likely N-dealkylation sites (N-methyl/N-ethyl adjacent to an activating group) is 1. The van der Waals surface area contributed by atoms with E-state index in [2.05, 4.69) is 37.3 Å². The molecule has 0 aliphatic carbocycles. The number of rotatable bonds is 4. The number of H-pyrrole nitrogens is 1. The van der Waals surface area contributed by atoms with Crippen LogP contribution in [0.15, 0.2) is 24.4 Å². The number of aromatic nitrogens is 3. The highest BCUT2D eigenvalue weighted by Crippen LogP contribution is 2.17. The largest absolute Gasteiger partial charge is 0.368 e. The molecular weight excluding hydrogens is 292 g/mol. The zero-order valence-electron chi connectivity index (χ0n) is 13.5. The van der Waals surface area contributed by atoms with Crippen molar-refractivity contribution in [2.75, 3.05) is 43.4 Å². The van der Waals surface area contributed by atoms with Crippen LogP contribution >= 0.6 is 0 Å². The average molecular weight is 314 g/mol. The molecule has 0 bridgehead atoms. The average Bonchev–Trinajstić information content (AvgIpc) is 3.06. The summed E-state index contributed by atoms with van der Waals surface area (Å²) in [6.45, 7) is 6.11. The first-order valence-corrected chi connectivity index (χ1v) is 7.91. The summed E-state index contributed by atoms with van der Waals surface area (Å²) in [6.07, 6.45) is 2.63. The molecule has 23 heavy (non-hydrogen) atoms. The summed E-state index contributed by atoms with van der Waals surface area (Å²) >= 11 is 0. The Kier molecular flexibility index (Phi) is 4.57. The van der Waals surface area contributed by atoms with Crippen LogP contribution in [0.4, 0.5) is 11.5 Å². The molecule has 7 nitrogen and oxygen atoms in total. The third kappa shape index (κ3) is 3.68. The van der Waals surface area contributed by atoms with E-state index in [1.165, 1.54) is 0 Å². The fraction of sp³-hybridized carbons (Fsp3) is 0.438. The molecule has 0 spiro atoms. The summed E-state index contributed by atoms with van der Waals surface area (Å²) in [5.41, 5.74) is 2.41. The molecule has 2 N–H and O–H groups in total. The maximum atomic E-state index is 12.1. The topological polar surface area (TPSA) is 77.2 Å². The monoisotopic (exact) mass is 314 g/mol. The SMILES string of the molecule is CCc1cc(C(=O)Nc2ccc(N3CCN(C)CC3)cn2)n[nH]1. The first kappa shape index (κ1) is 15.5. The van der Waals surface area contributed by atoms with Gasteiger partial charge in [0.25, 0.3) is 5.91 Å². The van der Waals surface area contributed by atoms with Crippen LogP contribution in [0.25, 0.3) is 0 Å². The first-order chi connectivity index (χ1) is 11.2. The minimum absolute atomic E-state index is 0.249. The number of carbonyl (C=O) groups excluding carboxylic acids is 1. The van der Waals surface area contributed by atoms with Gasteiger partial charge >= 0.3 is 0 Å². The van der Waals surface area contributed by atoms with Crippen molar-refractivity contribution in [3.05, 3.63) is 35.8 Å². The number of amides is 1. The molecule has 0 atom stereocenters. The van der Waals surface area contributed by atoms with E-state index >= 15 is 0 Å². The lowest BCUT2D eigenvalue weighted by molar-refractivity contribution is 0.102. The summed E-state index contributed by atoms with van der Waals surface area (Å²) in [7, 11) is 2.13. The Bertz CT molecular complexity index is 657. The van der Waals surface area contributed by atoms with Gasteiger partial charge in [-0.05, 0) is 31.7 Å². The number of nitrogens with zero attached hydrogens (tertiary/aromatic N) is 4. The normalized spacial score (nSPS) is 15.7. The molecule has 0 saturated carbocycles. The van der Waals surface area contributed by atoms with Crippen molar-refractivity contribution < 1.29 is 4.79 Å². The van der Waals surface area contributed by atoms with Crippen LogP contribution in [0.2, 0.25) is 0 Å². The highest BCUT2D eigenvalue weighted by Gasteiger charge is 2.15. The number of piperazine rings is 1. The Morgan fingerprint density at radius 1 is 1.30 bits per heavy atom. The minimum atomic E-state index is -0.249. The Hall–Kier alpha value is -2.41. The molecule has 0 radical (unpaired) electrons. The fourth-order valence-corrected chi connectivity index (χ4v) is 2.55. The van der Waals surface area contributed by atoms with E-state index in [1.54, 1.807) is 6.07 Å². The van der Waals surface area contributed by atoms with Crippen LogP contribution in [-0.2, 0) is 6.42 Å². The maximum absolute atomic E-state index is 12.1. The van der Waals surface area contributed by atoms with Crippen LogP contribution in [0.1, 0.15) is 23.1 Å². The Morgan fingerprint density at radius 2 is 2.09 bits per heavy atom. The van der Waals surface area contributed by atoms with E-state index in [0.29, 0.717) is 11.5 Å². The van der Waals surface area contributed by atoms with Gasteiger partial charge in [-0.1, -0.05) is 6.92 Å². The summed E-state index contributed by atoms with van der Waals surface area (Å²) in [4.78, 5) is 21.1. The van der Waals surface area contributed by atoms with Crippen LogP contribution < -0.4 is 10.2 Å². The van der Waals surface area contributed by atoms with E-state index in [-0.39, 0.29) is 5.91 Å². The second-order valence-corrected chi connectivity index (χ2v) is 5.78. The molecule has 1 amide bonds. The molecule has 1 aliphatic rings. The van der Waals surface area contributed by atoms with Gasteiger partial charge in [-0.3, -0.25) is 9.89 Å². The highest BCUT2D eigenvalue weighted by atomic mass is 16.2. The van der Waals surface area contributed by atoms with Gasteiger partial charge in [0.2, 0.25) is 0 Å². The van der Waals surface area contributed by atoms with Crippen LogP contribution in [0.5, 0.6) is 0 Å². The summed E-state index contributed by atoms with van der Waals surface area (Å²) in [5, 5.41) is 9.61. The maximum Gasteiger partial charge on any atom is 0.277 e. The van der Waals surface area contributed by atoms with Gasteiger partial charge in [0, 0.05) is 31.9 Å². The Labute approximate surface area is 135 Å². The number of pyridine rings is 1. The smallest absolute Gasteiger partial charge is 0.277 e. The third-order valence-corrected chi connectivity index (χ3v) is 4.10. The van der Waals surface area contributed by atoms with Gasteiger partial charge in [-0.15, -0.1) is 0 Å². The molecule has 0 aromatic carbocycles. The number of aryl methyl sites for hydroxylation is 1. The lowest BCUT2D eigenvalue weighted by Crippen LogP contribution is -2.44. The van der Waals surface area contributed by atoms with Gasteiger partial charge in [-0.2, -0.15) is 5.10 Å². The summed E-state index contributed by atoms with van der Waals surface area (Å²) in [5.74, 6) is 0.287. The van der Waals surface area contributed by atoms with Crippen molar-refractivity contribution in [1.82, 2.24) is 20.1 Å². The predicted octanol–water partition coefficient (Wildman–Crippen LogP) is 1.37. The lowest BCUT2D eigenvalue weighted by atomic mass is 10.3. The van der Waals surface area contributed by atoms with Crippen molar-refractivity contribution in [3.8, 4) is 0 Å². The molecule has 3 rings (SSSR count). The van der Waals surface area contributed by atoms with E-state index in [4.69, 9.17) is 0 Å². The Morgan fingerprint density at radius 3 is 2.70 bits per heavy atom. The number of hydrogen-bond acceptors (Lipinski definition) is 5. The predicted molar refractivity (Wildman–Crippen MR) is 89.9 cm³/mol. The molecule has 0 unspecified atom stereocenters. The molecule has 3 heterocycles. The van der Waals surface area contributed by atoms with Crippen LogP contribution in [0.3, 0.4) is 0 Å². The van der Waals surface area contributed by atoms with Crippen molar-refractivity contribution in [1.29, 1.82) is 0 Å².